The van der Waals surface area contributed by atoms with E-state index in [0.717, 1.165) is 62.3 Å². The van der Waals surface area contributed by atoms with Gasteiger partial charge in [-0.1, -0.05) is 54.3 Å². The van der Waals surface area contributed by atoms with Gasteiger partial charge in [-0.3, -0.25) is 33.3 Å². The second-order valence-corrected chi connectivity index (χ2v) is 20.2. The van der Waals surface area contributed by atoms with Crippen LogP contribution in [0.15, 0.2) is 39.6 Å². The first kappa shape index (κ1) is 40.2. The summed E-state index contributed by atoms with van der Waals surface area (Å²) in [5.41, 5.74) is -1.26. The quantitative estimate of drug-likeness (QED) is 0.261. The van der Waals surface area contributed by atoms with Gasteiger partial charge in [-0.2, -0.15) is 4.98 Å². The van der Waals surface area contributed by atoms with E-state index in [0.29, 0.717) is 30.2 Å². The molecule has 8 rings (SSSR count). The molecule has 1 aromatic heterocycles. The van der Waals surface area contributed by atoms with Gasteiger partial charge in [0.15, 0.2) is 0 Å². The third-order valence-electron chi connectivity index (χ3n) is 13.7. The summed E-state index contributed by atoms with van der Waals surface area (Å²) in [6.07, 6.45) is 12.7. The van der Waals surface area contributed by atoms with E-state index in [2.05, 4.69) is 26.0 Å². The second-order valence-electron chi connectivity index (χ2n) is 17.4. The summed E-state index contributed by atoms with van der Waals surface area (Å²) in [5, 5.41) is 2.76. The SMILES string of the molecule is CC[C@H]1C[C@]1(NC(=O)[C@@H]1C[C@@H]2CC1C(=O)[C@H](C1CCCC1)CC(=O)O[C@@H]1CCC[C@H]1CC/C=C/Cn1c(nc3cc(Br)ccc3c1=O)O2)C(=O)NS(=O)(=O)C1CC1. The molecule has 15 heteroatoms. The summed E-state index contributed by atoms with van der Waals surface area (Å²) >= 11 is 3.48. The Bertz CT molecular complexity index is 2130. The van der Waals surface area contributed by atoms with Gasteiger partial charge in [0.05, 0.1) is 28.5 Å². The molecule has 0 radical (unpaired) electrons. The number of carbonyl (C=O) groups is 4. The van der Waals surface area contributed by atoms with Crippen molar-refractivity contribution < 1.29 is 37.1 Å². The number of fused-ring (bicyclic) bond motifs is 5. The van der Waals surface area contributed by atoms with Gasteiger partial charge in [0.1, 0.15) is 23.5 Å². The lowest BCUT2D eigenvalue weighted by atomic mass is 9.76. The molecule has 8 atom stereocenters. The topological polar surface area (TPSA) is 180 Å². The third-order valence-corrected chi connectivity index (χ3v) is 16.0. The lowest BCUT2D eigenvalue weighted by Crippen LogP contribution is -2.54. The Morgan fingerprint density at radius 2 is 1.72 bits per heavy atom. The van der Waals surface area contributed by atoms with Crippen LogP contribution in [0.25, 0.3) is 10.9 Å². The van der Waals surface area contributed by atoms with Crippen LogP contribution in [0.1, 0.15) is 110 Å². The lowest BCUT2D eigenvalue weighted by Gasteiger charge is -2.29. The number of benzene rings is 1. The molecule has 5 saturated carbocycles. The number of amides is 2. The van der Waals surface area contributed by atoms with E-state index in [-0.39, 0.29) is 79.4 Å². The van der Waals surface area contributed by atoms with Gasteiger partial charge >= 0.3 is 5.97 Å². The van der Waals surface area contributed by atoms with Crippen LogP contribution >= 0.6 is 15.9 Å². The van der Waals surface area contributed by atoms with Crippen LogP contribution in [-0.4, -0.2) is 64.5 Å². The maximum atomic E-state index is 15.0. The molecule has 0 saturated heterocycles. The van der Waals surface area contributed by atoms with E-state index in [4.69, 9.17) is 14.5 Å². The van der Waals surface area contributed by atoms with Crippen LogP contribution in [0.5, 0.6) is 6.01 Å². The molecule has 6 aliphatic rings. The van der Waals surface area contributed by atoms with Crippen LogP contribution in [0.4, 0.5) is 0 Å². The predicted molar refractivity (Wildman–Crippen MR) is 214 cm³/mol. The van der Waals surface area contributed by atoms with Crippen LogP contribution in [0, 0.1) is 35.5 Å². The number of hydrogen-bond acceptors (Lipinski definition) is 10. The minimum atomic E-state index is -3.87. The van der Waals surface area contributed by atoms with Gasteiger partial charge in [-0.05, 0) is 113 Å². The number of Topliss-reactive ketones (excluding diaryl/α,β-unsaturated/α-hetero) is 1. The number of rotatable bonds is 7. The monoisotopic (exact) mass is 868 g/mol. The first-order valence-electron chi connectivity index (χ1n) is 21.0. The van der Waals surface area contributed by atoms with Crippen LogP contribution in [0.3, 0.4) is 0 Å². The second kappa shape index (κ2) is 16.2. The van der Waals surface area contributed by atoms with Crippen molar-refractivity contribution in [1.82, 2.24) is 19.6 Å². The molecule has 2 bridgehead atoms. The Hall–Kier alpha value is -3.59. The zero-order chi connectivity index (χ0) is 40.1. The molecule has 5 fully saturated rings. The number of esters is 1. The Labute approximate surface area is 341 Å². The lowest BCUT2D eigenvalue weighted by molar-refractivity contribution is -0.155. The molecule has 2 heterocycles. The van der Waals surface area contributed by atoms with E-state index in [1.807, 2.05) is 19.1 Å². The van der Waals surface area contributed by atoms with Crippen LogP contribution < -0.4 is 20.3 Å². The Morgan fingerprint density at radius 1 is 0.947 bits per heavy atom. The normalized spacial score (nSPS) is 33.0. The number of allylic oxidation sites excluding steroid dienone is 2. The van der Waals surface area contributed by atoms with Crippen molar-refractivity contribution in [1.29, 1.82) is 0 Å². The van der Waals surface area contributed by atoms with Crippen molar-refractivity contribution in [2.75, 3.05) is 0 Å². The van der Waals surface area contributed by atoms with Crippen molar-refractivity contribution in [3.05, 3.63) is 45.2 Å². The van der Waals surface area contributed by atoms with Crippen molar-refractivity contribution in [3.8, 4) is 6.01 Å². The molecule has 0 spiro atoms. The summed E-state index contributed by atoms with van der Waals surface area (Å²) in [7, 11) is -3.87. The van der Waals surface area contributed by atoms with Gasteiger partial charge in [0.25, 0.3) is 17.5 Å². The minimum Gasteiger partial charge on any atom is -0.462 e. The van der Waals surface area contributed by atoms with Crippen molar-refractivity contribution in [3.63, 3.8) is 0 Å². The summed E-state index contributed by atoms with van der Waals surface area (Å²) < 4.78 is 42.8. The standard InChI is InChI=1S/C42H53BrN4O9S/c1-2-26-23-42(26,40(52)46-57(53,54)29-15-16-29)45-38(50)33-21-28-20-32(33)37(49)31(24-9-5-6-10-24)22-36(48)56-35-13-8-12-25(35)11-4-3-7-18-47-39(51)30-17-14-27(43)19-34(30)44-41(47)55-28/h3,7,14,17,19,24-26,28-29,31-33,35H,2,4-6,8-13,15-16,18,20-23H2,1H3,(H,45,50)(H,46,52)/b7-3+/t25-,26+,28+,31+,32?,33-,35-,42-/m1/s1. The molecule has 2 N–H and O–H groups in total. The molecule has 13 nitrogen and oxygen atoms in total. The Balaban J connectivity index is 1.15. The Kier molecular flexibility index (Phi) is 11.4. The van der Waals surface area contributed by atoms with Gasteiger partial charge in [-0.15, -0.1) is 0 Å². The molecule has 2 amide bonds. The highest BCUT2D eigenvalue weighted by Gasteiger charge is 2.62. The largest absolute Gasteiger partial charge is 0.462 e. The fourth-order valence-electron chi connectivity index (χ4n) is 10.2. The molecule has 1 aromatic carbocycles. The zero-order valence-corrected chi connectivity index (χ0v) is 34.9. The molecule has 1 aliphatic heterocycles. The number of carbonyl (C=O) groups excluding carboxylic acids is 4. The number of ether oxygens (including phenoxy) is 2. The molecular weight excluding hydrogens is 816 g/mol. The van der Waals surface area contributed by atoms with E-state index in [1.54, 1.807) is 18.2 Å². The highest BCUT2D eigenvalue weighted by Crippen LogP contribution is 2.48. The number of nitrogens with zero attached hydrogens (tertiary/aromatic N) is 2. The van der Waals surface area contributed by atoms with Crippen molar-refractivity contribution in [2.24, 2.45) is 35.5 Å². The fraction of sp³-hybridized carbons (Fsp3) is 0.667. The van der Waals surface area contributed by atoms with Crippen LogP contribution in [-0.2, 0) is 40.5 Å². The van der Waals surface area contributed by atoms with Gasteiger partial charge in [-0.25, -0.2) is 8.42 Å². The van der Waals surface area contributed by atoms with Gasteiger partial charge in [0, 0.05) is 22.9 Å². The van der Waals surface area contributed by atoms with Crippen molar-refractivity contribution in [2.45, 2.75) is 139 Å². The first-order valence-corrected chi connectivity index (χ1v) is 23.3. The van der Waals surface area contributed by atoms with Crippen LogP contribution in [0.2, 0.25) is 0 Å². The third kappa shape index (κ3) is 8.33. The van der Waals surface area contributed by atoms with E-state index in [9.17, 15) is 27.6 Å². The number of sulfonamides is 1. The smallest absolute Gasteiger partial charge is 0.306 e. The number of nitrogens with one attached hydrogen (secondary N) is 2. The highest BCUT2D eigenvalue weighted by atomic mass is 79.9. The average Bonchev–Trinajstić information content (AvgIpc) is 3.96. The van der Waals surface area contributed by atoms with Gasteiger partial charge < -0.3 is 14.8 Å². The van der Waals surface area contributed by atoms with E-state index in [1.165, 1.54) is 4.57 Å². The number of hydrogen-bond donors (Lipinski definition) is 2. The first-order chi connectivity index (χ1) is 27.4. The maximum Gasteiger partial charge on any atom is 0.306 e. The summed E-state index contributed by atoms with van der Waals surface area (Å²) in [6, 6.07) is 5.33. The molecule has 1 unspecified atom stereocenters. The summed E-state index contributed by atoms with van der Waals surface area (Å²) in [6.45, 7) is 2.08. The fourth-order valence-corrected chi connectivity index (χ4v) is 11.9. The molecule has 2 aromatic rings. The predicted octanol–water partition coefficient (Wildman–Crippen LogP) is 5.65. The Morgan fingerprint density at radius 3 is 2.46 bits per heavy atom. The number of ketones is 1. The van der Waals surface area contributed by atoms with Gasteiger partial charge in [0.2, 0.25) is 15.9 Å². The van der Waals surface area contributed by atoms with E-state index >= 15 is 4.79 Å². The highest BCUT2D eigenvalue weighted by molar-refractivity contribution is 9.10. The molecular formula is C42H53BrN4O9S. The van der Waals surface area contributed by atoms with Crippen molar-refractivity contribution >= 4 is 60.4 Å². The van der Waals surface area contributed by atoms with E-state index < -0.39 is 56.5 Å². The number of halogens is 1. The average molecular weight is 870 g/mol. The molecule has 57 heavy (non-hydrogen) atoms. The summed E-state index contributed by atoms with van der Waals surface area (Å²) in [5.74, 6) is -4.43. The zero-order valence-electron chi connectivity index (χ0n) is 32.5. The molecule has 5 aliphatic carbocycles. The molecule has 308 valence electrons. The summed E-state index contributed by atoms with van der Waals surface area (Å²) in [4.78, 5) is 75.8. The minimum absolute atomic E-state index is 0.0349. The maximum absolute atomic E-state index is 15.0. The number of aromatic nitrogens is 2.